The van der Waals surface area contributed by atoms with E-state index in [0.717, 1.165) is 52.7 Å². The number of hydrogen-bond acceptors (Lipinski definition) is 4. The number of amides is 1. The molecule has 1 aliphatic heterocycles. The second-order valence-electron chi connectivity index (χ2n) is 7.21. The fourth-order valence-electron chi connectivity index (χ4n) is 4.07. The lowest BCUT2D eigenvalue weighted by Gasteiger charge is -2.27. The number of carbonyl (C=O) groups excluding carboxylic acids is 1. The van der Waals surface area contributed by atoms with Gasteiger partial charge in [0.15, 0.2) is 0 Å². The summed E-state index contributed by atoms with van der Waals surface area (Å²) < 4.78 is 0. The smallest absolute Gasteiger partial charge is 0.256 e. The van der Waals surface area contributed by atoms with Gasteiger partial charge in [0.2, 0.25) is 0 Å². The van der Waals surface area contributed by atoms with Gasteiger partial charge in [-0.25, -0.2) is 4.98 Å². The molecule has 0 spiro atoms. The average molecular weight is 398 g/mol. The lowest BCUT2D eigenvalue weighted by atomic mass is 9.94. The number of carbonyl (C=O) groups is 1. The Morgan fingerprint density at radius 2 is 2.07 bits per heavy atom. The lowest BCUT2D eigenvalue weighted by Crippen LogP contribution is -2.38. The second-order valence-corrected chi connectivity index (χ2v) is 8.68. The highest BCUT2D eigenvalue weighted by atomic mass is 35.5. The summed E-state index contributed by atoms with van der Waals surface area (Å²) in [6.45, 7) is 2.13. The van der Waals surface area contributed by atoms with Gasteiger partial charge in [-0.2, -0.15) is 0 Å². The van der Waals surface area contributed by atoms with Gasteiger partial charge in [-0.3, -0.25) is 4.79 Å². The maximum atomic E-state index is 12.9. The maximum absolute atomic E-state index is 12.9. The van der Waals surface area contributed by atoms with Gasteiger partial charge in [0.05, 0.1) is 11.1 Å². The number of fused-ring (bicyclic) bond motifs is 4. The molecule has 1 atom stereocenters. The summed E-state index contributed by atoms with van der Waals surface area (Å²) in [5.74, 6) is -0.00776. The van der Waals surface area contributed by atoms with Crippen molar-refractivity contribution in [2.75, 3.05) is 5.32 Å². The SMILES string of the molecule is CCc1ccc2nc(Cl)c([C@@H]3NC(=O)c4c(sc5c4CCCC5)N3)cc2c1. The van der Waals surface area contributed by atoms with Crippen LogP contribution in [0, 0.1) is 0 Å². The van der Waals surface area contributed by atoms with Crippen LogP contribution in [0.2, 0.25) is 5.15 Å². The van der Waals surface area contributed by atoms with Crippen molar-refractivity contribution < 1.29 is 4.79 Å². The van der Waals surface area contributed by atoms with Crippen LogP contribution in [0.15, 0.2) is 24.3 Å². The van der Waals surface area contributed by atoms with Crippen LogP contribution in [0.1, 0.15) is 57.9 Å². The first kappa shape index (κ1) is 17.0. The highest BCUT2D eigenvalue weighted by molar-refractivity contribution is 7.16. The third-order valence-electron chi connectivity index (χ3n) is 5.53. The Hall–Kier alpha value is -2.11. The lowest BCUT2D eigenvalue weighted by molar-refractivity contribution is 0.0935. The molecule has 27 heavy (non-hydrogen) atoms. The molecule has 4 nitrogen and oxygen atoms in total. The minimum Gasteiger partial charge on any atom is -0.353 e. The number of hydrogen-bond donors (Lipinski definition) is 2. The summed E-state index contributed by atoms with van der Waals surface area (Å²) in [5, 5.41) is 9.02. The standard InChI is InChI=1S/C21H20ClN3OS/c1-2-11-7-8-15-12(9-11)10-14(18(22)23-15)19-24-20(26)17-13-5-3-4-6-16(13)27-21(17)25-19/h7-10,19,25H,2-6H2,1H3,(H,24,26)/t19-/m1/s1. The van der Waals surface area contributed by atoms with E-state index < -0.39 is 0 Å². The fourth-order valence-corrected chi connectivity index (χ4v) is 5.64. The Bertz CT molecular complexity index is 1070. The first-order valence-corrected chi connectivity index (χ1v) is 10.6. The fraction of sp³-hybridized carbons (Fsp3) is 0.333. The predicted octanol–water partition coefficient (Wildman–Crippen LogP) is 5.25. The molecule has 2 aromatic heterocycles. The number of nitrogens with zero attached hydrogens (tertiary/aromatic N) is 1. The Labute approximate surface area is 167 Å². The van der Waals surface area contributed by atoms with Crippen molar-refractivity contribution in [3.63, 3.8) is 0 Å². The molecular formula is C21H20ClN3OS. The number of benzene rings is 1. The van der Waals surface area contributed by atoms with Gasteiger partial charge in [-0.1, -0.05) is 24.6 Å². The van der Waals surface area contributed by atoms with Crippen LogP contribution in [-0.4, -0.2) is 10.9 Å². The molecule has 0 saturated heterocycles. The number of nitrogens with one attached hydrogen (secondary N) is 2. The molecular weight excluding hydrogens is 378 g/mol. The molecule has 1 aliphatic carbocycles. The van der Waals surface area contributed by atoms with E-state index in [-0.39, 0.29) is 12.1 Å². The van der Waals surface area contributed by atoms with Gasteiger partial charge in [-0.05, 0) is 61.4 Å². The van der Waals surface area contributed by atoms with Gasteiger partial charge >= 0.3 is 0 Å². The third kappa shape index (κ3) is 2.80. The molecule has 0 bridgehead atoms. The van der Waals surface area contributed by atoms with E-state index in [1.807, 2.05) is 12.1 Å². The molecule has 2 N–H and O–H groups in total. The van der Waals surface area contributed by atoms with E-state index in [0.29, 0.717) is 5.15 Å². The van der Waals surface area contributed by atoms with E-state index in [4.69, 9.17) is 11.6 Å². The zero-order valence-corrected chi connectivity index (χ0v) is 16.6. The van der Waals surface area contributed by atoms with E-state index in [9.17, 15) is 4.79 Å². The Balaban J connectivity index is 1.56. The zero-order chi connectivity index (χ0) is 18.5. The van der Waals surface area contributed by atoms with Crippen LogP contribution >= 0.6 is 22.9 Å². The molecule has 2 aliphatic rings. The van der Waals surface area contributed by atoms with Gasteiger partial charge in [0, 0.05) is 15.8 Å². The van der Waals surface area contributed by atoms with Crippen LogP contribution in [0.25, 0.3) is 10.9 Å². The molecule has 1 aromatic carbocycles. The molecule has 0 saturated carbocycles. The second kappa shape index (κ2) is 6.50. The van der Waals surface area contributed by atoms with Gasteiger partial charge in [0.25, 0.3) is 5.91 Å². The number of thiophene rings is 1. The predicted molar refractivity (Wildman–Crippen MR) is 111 cm³/mol. The van der Waals surface area contributed by atoms with Crippen LogP contribution in [0.3, 0.4) is 0 Å². The molecule has 0 unspecified atom stereocenters. The van der Waals surface area contributed by atoms with Crippen molar-refractivity contribution in [1.29, 1.82) is 0 Å². The van der Waals surface area contributed by atoms with Crippen molar-refractivity contribution in [1.82, 2.24) is 10.3 Å². The van der Waals surface area contributed by atoms with E-state index in [1.165, 1.54) is 22.4 Å². The summed E-state index contributed by atoms with van der Waals surface area (Å²) in [6.07, 6.45) is 5.05. The van der Waals surface area contributed by atoms with Gasteiger partial charge in [0.1, 0.15) is 16.3 Å². The van der Waals surface area contributed by atoms with Gasteiger partial charge < -0.3 is 10.6 Å². The third-order valence-corrected chi connectivity index (χ3v) is 7.05. The molecule has 1 amide bonds. The first-order valence-electron chi connectivity index (χ1n) is 9.45. The quantitative estimate of drug-likeness (QED) is 0.581. The molecule has 138 valence electrons. The maximum Gasteiger partial charge on any atom is 0.256 e. The minimum absolute atomic E-state index is 0.00776. The number of halogens is 1. The van der Waals surface area contributed by atoms with Gasteiger partial charge in [-0.15, -0.1) is 11.3 Å². The Morgan fingerprint density at radius 3 is 2.93 bits per heavy atom. The summed E-state index contributed by atoms with van der Waals surface area (Å²) in [6, 6.07) is 8.26. The highest BCUT2D eigenvalue weighted by Crippen LogP contribution is 2.42. The molecule has 0 fully saturated rings. The monoisotopic (exact) mass is 397 g/mol. The molecule has 6 heteroatoms. The molecule has 0 radical (unpaired) electrons. The van der Waals surface area contributed by atoms with Crippen LogP contribution in [-0.2, 0) is 19.3 Å². The molecule has 3 aromatic rings. The number of anilines is 1. The molecule has 5 rings (SSSR count). The number of aromatic nitrogens is 1. The summed E-state index contributed by atoms with van der Waals surface area (Å²) in [4.78, 5) is 18.8. The highest BCUT2D eigenvalue weighted by Gasteiger charge is 2.33. The van der Waals surface area contributed by atoms with Crippen molar-refractivity contribution in [2.45, 2.75) is 45.2 Å². The summed E-state index contributed by atoms with van der Waals surface area (Å²) >= 11 is 8.21. The van der Waals surface area contributed by atoms with E-state index >= 15 is 0 Å². The number of aryl methyl sites for hydroxylation is 2. The van der Waals surface area contributed by atoms with Crippen LogP contribution in [0.4, 0.5) is 5.00 Å². The van der Waals surface area contributed by atoms with Crippen molar-refractivity contribution >= 4 is 44.7 Å². The number of rotatable bonds is 2. The van der Waals surface area contributed by atoms with Crippen molar-refractivity contribution in [3.05, 3.63) is 56.5 Å². The summed E-state index contributed by atoms with van der Waals surface area (Å²) in [5.41, 5.74) is 5.01. The van der Waals surface area contributed by atoms with Crippen molar-refractivity contribution in [2.24, 2.45) is 0 Å². The summed E-state index contributed by atoms with van der Waals surface area (Å²) in [7, 11) is 0. The van der Waals surface area contributed by atoms with Crippen molar-refractivity contribution in [3.8, 4) is 0 Å². The molecule has 3 heterocycles. The largest absolute Gasteiger partial charge is 0.353 e. The van der Waals surface area contributed by atoms with Crippen LogP contribution < -0.4 is 10.6 Å². The minimum atomic E-state index is -0.361. The van der Waals surface area contributed by atoms with E-state index in [1.54, 1.807) is 11.3 Å². The van der Waals surface area contributed by atoms with E-state index in [2.05, 4.69) is 34.7 Å². The topological polar surface area (TPSA) is 54.0 Å². The normalized spacial score (nSPS) is 18.6. The zero-order valence-electron chi connectivity index (χ0n) is 15.1. The first-order chi connectivity index (χ1) is 13.1. The number of pyridine rings is 1. The average Bonchev–Trinajstić information content (AvgIpc) is 3.06. The van der Waals surface area contributed by atoms with Crippen LogP contribution in [0.5, 0.6) is 0 Å². The Kier molecular flexibility index (Phi) is 4.10. The Morgan fingerprint density at radius 1 is 1.22 bits per heavy atom.